The molecule has 0 fully saturated rings. The molecule has 2 unspecified atom stereocenters. The Hall–Kier alpha value is -2.20. The number of hydrogen-bond donors (Lipinski definition) is 3. The highest BCUT2D eigenvalue weighted by Crippen LogP contribution is 2.45. The molecule has 0 aliphatic rings. The smallest absolute Gasteiger partial charge is 0.462 e. The maximum absolute atomic E-state index is 13.1. The van der Waals surface area contributed by atoms with Crippen LogP contribution in [0.3, 0.4) is 0 Å². The Kier molecular flexibility index (Phi) is 73.4. The first-order valence-corrected chi connectivity index (χ1v) is 44.9. The number of carbonyl (C=O) groups excluding carboxylic acids is 4. The van der Waals surface area contributed by atoms with Crippen LogP contribution in [0.25, 0.3) is 0 Å². The van der Waals surface area contributed by atoms with E-state index < -0.39 is 97.5 Å². The van der Waals surface area contributed by atoms with Crippen molar-refractivity contribution in [3.63, 3.8) is 0 Å². The Morgan fingerprint density at radius 2 is 0.460 bits per heavy atom. The molecule has 0 heterocycles. The average molecular weight is 1460 g/mol. The monoisotopic (exact) mass is 1460 g/mol. The van der Waals surface area contributed by atoms with E-state index in [1.165, 1.54) is 238 Å². The number of hydrogen-bond acceptors (Lipinski definition) is 15. The summed E-state index contributed by atoms with van der Waals surface area (Å²) in [6, 6.07) is 0. The predicted molar refractivity (Wildman–Crippen MR) is 409 cm³/mol. The SMILES string of the molecule is CCCCCCCC/C=C\CCCCCCCC(=O)OC[C@H](COP(=O)(O)OC[C@H](O)COP(=O)(O)OC[C@@H](COC(=O)CCCCCCCCCCCCCCC)OC(=O)CCCCCCCCCCCCCCCCC)OC(=O)CCCCCCCCCCCCCCCCCCC. The average Bonchev–Trinajstić information content (AvgIpc) is 0.933. The van der Waals surface area contributed by atoms with Crippen molar-refractivity contribution in [3.8, 4) is 0 Å². The molecule has 17 nitrogen and oxygen atoms in total. The van der Waals surface area contributed by atoms with E-state index in [1.54, 1.807) is 0 Å². The van der Waals surface area contributed by atoms with Crippen molar-refractivity contribution in [2.24, 2.45) is 0 Å². The van der Waals surface area contributed by atoms with Crippen LogP contribution in [0.4, 0.5) is 0 Å². The fraction of sp³-hybridized carbons (Fsp3) is 0.926. The summed E-state index contributed by atoms with van der Waals surface area (Å²) in [5.74, 6) is -2.12. The van der Waals surface area contributed by atoms with Crippen LogP contribution in [0, 0.1) is 0 Å². The first kappa shape index (κ1) is 97.8. The first-order valence-electron chi connectivity index (χ1n) is 41.9. The number of rotatable bonds is 81. The third-order valence-corrected chi connectivity index (χ3v) is 20.7. The van der Waals surface area contributed by atoms with Crippen LogP contribution in [-0.4, -0.2) is 96.7 Å². The fourth-order valence-corrected chi connectivity index (χ4v) is 13.9. The van der Waals surface area contributed by atoms with Crippen molar-refractivity contribution in [3.05, 3.63) is 12.2 Å². The van der Waals surface area contributed by atoms with Crippen LogP contribution in [0.1, 0.15) is 426 Å². The highest BCUT2D eigenvalue weighted by molar-refractivity contribution is 7.47. The summed E-state index contributed by atoms with van der Waals surface area (Å²) in [5, 5.41) is 10.6. The van der Waals surface area contributed by atoms with E-state index in [1.807, 2.05) is 0 Å². The van der Waals surface area contributed by atoms with Gasteiger partial charge in [-0.3, -0.25) is 37.3 Å². The molecule has 19 heteroatoms. The topological polar surface area (TPSA) is 237 Å². The van der Waals surface area contributed by atoms with E-state index in [9.17, 15) is 43.2 Å². The molecule has 0 spiro atoms. The summed E-state index contributed by atoms with van der Waals surface area (Å²) in [5.41, 5.74) is 0. The molecule has 0 aliphatic carbocycles. The molecule has 5 atom stereocenters. The number of aliphatic hydroxyl groups excluding tert-OH is 1. The van der Waals surface area contributed by atoms with Crippen molar-refractivity contribution in [2.75, 3.05) is 39.6 Å². The van der Waals surface area contributed by atoms with Gasteiger partial charge in [-0.25, -0.2) is 9.13 Å². The van der Waals surface area contributed by atoms with Crippen LogP contribution in [0.5, 0.6) is 0 Å². The second-order valence-electron chi connectivity index (χ2n) is 28.8. The van der Waals surface area contributed by atoms with E-state index >= 15 is 0 Å². The predicted octanol–water partition coefficient (Wildman–Crippen LogP) is 24.3. The number of ether oxygens (including phenoxy) is 4. The van der Waals surface area contributed by atoms with Gasteiger partial charge in [-0.1, -0.05) is 361 Å². The van der Waals surface area contributed by atoms with Gasteiger partial charge in [-0.2, -0.15) is 0 Å². The molecule has 0 amide bonds. The summed E-state index contributed by atoms with van der Waals surface area (Å²) in [7, 11) is -9.92. The standard InChI is InChI=1S/C81H156O17P2/c1-5-9-13-17-21-25-29-33-36-37-40-44-48-52-56-60-64-68-81(86)98-77(72-92-79(84)66-62-58-54-50-46-42-38-34-30-26-22-18-14-10-6-2)74-96-100(89,90)94-70-75(82)69-93-99(87,88)95-73-76(71-91-78(83)65-61-57-53-49-45-41-32-28-24-20-16-12-8-4)97-80(85)67-63-59-55-51-47-43-39-35-31-27-23-19-15-11-7-3/h34,38,75-77,82H,5-33,35-37,39-74H2,1-4H3,(H,87,88)(H,89,90)/b38-34-/t75-,76-,77-/m1/s1. The van der Waals surface area contributed by atoms with Gasteiger partial charge in [0.1, 0.15) is 19.3 Å². The van der Waals surface area contributed by atoms with Crippen molar-refractivity contribution in [2.45, 2.75) is 444 Å². The van der Waals surface area contributed by atoms with Crippen LogP contribution in [-0.2, 0) is 65.4 Å². The minimum atomic E-state index is -4.96. The molecule has 0 saturated heterocycles. The number of aliphatic hydroxyl groups is 1. The Morgan fingerprint density at radius 3 is 0.690 bits per heavy atom. The largest absolute Gasteiger partial charge is 0.472 e. The third-order valence-electron chi connectivity index (χ3n) is 18.8. The van der Waals surface area contributed by atoms with Gasteiger partial charge in [-0.05, 0) is 51.4 Å². The Bertz CT molecular complexity index is 1940. The molecule has 0 aromatic rings. The van der Waals surface area contributed by atoms with Gasteiger partial charge in [0.15, 0.2) is 12.2 Å². The number of phosphoric ester groups is 2. The van der Waals surface area contributed by atoms with Crippen LogP contribution in [0.15, 0.2) is 12.2 Å². The van der Waals surface area contributed by atoms with Crippen LogP contribution >= 0.6 is 15.6 Å². The van der Waals surface area contributed by atoms with Crippen LogP contribution < -0.4 is 0 Å². The highest BCUT2D eigenvalue weighted by Gasteiger charge is 2.30. The lowest BCUT2D eigenvalue weighted by molar-refractivity contribution is -0.161. The van der Waals surface area contributed by atoms with Crippen molar-refractivity contribution in [1.82, 2.24) is 0 Å². The summed E-state index contributed by atoms with van der Waals surface area (Å²) in [4.78, 5) is 73.1. The summed E-state index contributed by atoms with van der Waals surface area (Å²) in [6.07, 6.45) is 68.9. The Morgan fingerprint density at radius 1 is 0.270 bits per heavy atom. The van der Waals surface area contributed by atoms with E-state index in [4.69, 9.17) is 37.0 Å². The van der Waals surface area contributed by atoms with E-state index in [0.29, 0.717) is 25.7 Å². The maximum Gasteiger partial charge on any atom is 0.472 e. The van der Waals surface area contributed by atoms with Gasteiger partial charge >= 0.3 is 39.5 Å². The lowest BCUT2D eigenvalue weighted by atomic mass is 10.0. The first-order chi connectivity index (χ1) is 48.7. The van der Waals surface area contributed by atoms with Gasteiger partial charge in [-0.15, -0.1) is 0 Å². The van der Waals surface area contributed by atoms with Gasteiger partial charge in [0.05, 0.1) is 26.4 Å². The minimum Gasteiger partial charge on any atom is -0.462 e. The molecule has 3 N–H and O–H groups in total. The Balaban J connectivity index is 5.28. The molecular weight excluding hydrogens is 1310 g/mol. The molecular formula is C81H156O17P2. The molecule has 0 aromatic carbocycles. The third kappa shape index (κ3) is 74.1. The highest BCUT2D eigenvalue weighted by atomic mass is 31.2. The minimum absolute atomic E-state index is 0.105. The molecule has 0 aromatic heterocycles. The van der Waals surface area contributed by atoms with Crippen molar-refractivity contribution >= 4 is 39.5 Å². The van der Waals surface area contributed by atoms with Gasteiger partial charge in [0.25, 0.3) is 0 Å². The molecule has 0 bridgehead atoms. The zero-order valence-electron chi connectivity index (χ0n) is 64.9. The van der Waals surface area contributed by atoms with E-state index in [-0.39, 0.29) is 25.7 Å². The van der Waals surface area contributed by atoms with Gasteiger partial charge in [0, 0.05) is 25.7 Å². The quantitative estimate of drug-likeness (QED) is 0.0169. The van der Waals surface area contributed by atoms with Crippen molar-refractivity contribution in [1.29, 1.82) is 0 Å². The molecule has 0 aliphatic heterocycles. The zero-order chi connectivity index (χ0) is 73.2. The fourth-order valence-electron chi connectivity index (χ4n) is 12.3. The maximum atomic E-state index is 13.1. The number of carbonyl (C=O) groups is 4. The second-order valence-corrected chi connectivity index (χ2v) is 31.7. The van der Waals surface area contributed by atoms with Gasteiger partial charge < -0.3 is 33.8 Å². The molecule has 0 rings (SSSR count). The van der Waals surface area contributed by atoms with E-state index in [0.717, 1.165) is 109 Å². The Labute approximate surface area is 612 Å². The number of allylic oxidation sites excluding steroid dienone is 2. The van der Waals surface area contributed by atoms with E-state index in [2.05, 4.69) is 39.8 Å². The number of phosphoric acid groups is 2. The lowest BCUT2D eigenvalue weighted by Crippen LogP contribution is -2.30. The lowest BCUT2D eigenvalue weighted by Gasteiger charge is -2.21. The molecule has 0 saturated carbocycles. The summed E-state index contributed by atoms with van der Waals surface area (Å²) in [6.45, 7) is 5.01. The second kappa shape index (κ2) is 75.0. The molecule has 592 valence electrons. The number of esters is 4. The zero-order valence-corrected chi connectivity index (χ0v) is 66.7. The van der Waals surface area contributed by atoms with Gasteiger partial charge in [0.2, 0.25) is 0 Å². The molecule has 100 heavy (non-hydrogen) atoms. The normalized spacial score (nSPS) is 13.9. The van der Waals surface area contributed by atoms with Crippen molar-refractivity contribution < 1.29 is 80.2 Å². The molecule has 0 radical (unpaired) electrons. The summed E-state index contributed by atoms with van der Waals surface area (Å²) < 4.78 is 68.7. The number of unbranched alkanes of at least 4 members (excludes halogenated alkanes) is 53. The summed E-state index contributed by atoms with van der Waals surface area (Å²) >= 11 is 0. The van der Waals surface area contributed by atoms with Crippen LogP contribution in [0.2, 0.25) is 0 Å².